The van der Waals surface area contributed by atoms with E-state index in [9.17, 15) is 18.4 Å². The van der Waals surface area contributed by atoms with Gasteiger partial charge >= 0.3 is 0 Å². The Morgan fingerprint density at radius 2 is 2.11 bits per heavy atom. The maximum absolute atomic E-state index is 13.7. The number of hydrogen-bond acceptors (Lipinski definition) is 5. The van der Waals surface area contributed by atoms with Crippen LogP contribution in [0.1, 0.15) is 27.6 Å². The Hall–Kier alpha value is -2.87. The van der Waals surface area contributed by atoms with Crippen LogP contribution < -0.4 is 4.74 Å². The molecule has 1 unspecified atom stereocenters. The lowest BCUT2D eigenvalue weighted by Crippen LogP contribution is -2.47. The summed E-state index contributed by atoms with van der Waals surface area (Å²) >= 11 is 0. The monoisotopic (exact) mass is 376 g/mol. The molecule has 0 aliphatic carbocycles. The minimum atomic E-state index is -0.820. The van der Waals surface area contributed by atoms with Crippen LogP contribution >= 0.6 is 0 Å². The number of hydrogen-bond donors (Lipinski definition) is 0. The summed E-state index contributed by atoms with van der Waals surface area (Å²) in [6.45, 7) is 2.17. The second-order valence-electron chi connectivity index (χ2n) is 6.09. The third kappa shape index (κ3) is 4.46. The predicted octanol–water partition coefficient (Wildman–Crippen LogP) is 2.48. The van der Waals surface area contributed by atoms with Crippen molar-refractivity contribution >= 4 is 11.7 Å². The van der Waals surface area contributed by atoms with Crippen molar-refractivity contribution in [2.75, 3.05) is 26.3 Å². The van der Waals surface area contributed by atoms with Gasteiger partial charge in [0, 0.05) is 12.7 Å². The maximum Gasteiger partial charge on any atom is 0.258 e. The smallest absolute Gasteiger partial charge is 0.258 e. The van der Waals surface area contributed by atoms with Crippen LogP contribution in [0, 0.1) is 11.8 Å². The molecule has 1 aromatic heterocycles. The Balaban J connectivity index is 1.65. The number of carbonyl (C=O) groups excluding carboxylic acids is 2. The first-order valence-electron chi connectivity index (χ1n) is 8.40. The van der Waals surface area contributed by atoms with Gasteiger partial charge in [0.05, 0.1) is 24.3 Å². The van der Waals surface area contributed by atoms with Crippen molar-refractivity contribution in [3.63, 3.8) is 0 Å². The first kappa shape index (κ1) is 18.9. The summed E-state index contributed by atoms with van der Waals surface area (Å²) in [6.07, 6.45) is 0.810. The van der Waals surface area contributed by atoms with Crippen molar-refractivity contribution in [2.24, 2.45) is 0 Å². The van der Waals surface area contributed by atoms with E-state index in [1.165, 1.54) is 42.3 Å². The number of carbonyl (C=O) groups is 2. The molecule has 1 aromatic carbocycles. The number of amides is 1. The fraction of sp³-hybridized carbons (Fsp3) is 0.316. The van der Waals surface area contributed by atoms with Gasteiger partial charge in [-0.05, 0) is 37.3 Å². The summed E-state index contributed by atoms with van der Waals surface area (Å²) < 4.78 is 38.3. The highest BCUT2D eigenvalue weighted by Gasteiger charge is 2.27. The third-order valence-electron chi connectivity index (χ3n) is 4.16. The fourth-order valence-electron chi connectivity index (χ4n) is 2.81. The molecule has 1 aliphatic heterocycles. The molecule has 27 heavy (non-hydrogen) atoms. The predicted molar refractivity (Wildman–Crippen MR) is 91.7 cm³/mol. The molecule has 0 radical (unpaired) electrons. The average molecular weight is 376 g/mol. The highest BCUT2D eigenvalue weighted by Crippen LogP contribution is 2.21. The SMILES string of the molecule is CC(=O)c1cc(F)ccc1OCC1CN(C(=O)c2cccnc2F)CCO1. The van der Waals surface area contributed by atoms with Crippen LogP contribution in [0.25, 0.3) is 0 Å². The molecule has 1 atom stereocenters. The standard InChI is InChI=1S/C19H18F2N2O4/c1-12(24)16-9-13(20)4-5-17(16)27-11-14-10-23(7-8-26-14)19(25)15-3-2-6-22-18(15)21/h2-6,9,14H,7-8,10-11H2,1H3. The number of benzene rings is 1. The Bertz CT molecular complexity index is 859. The zero-order valence-electron chi connectivity index (χ0n) is 14.7. The zero-order valence-corrected chi connectivity index (χ0v) is 14.7. The first-order valence-corrected chi connectivity index (χ1v) is 8.40. The number of rotatable bonds is 5. The number of pyridine rings is 1. The fourth-order valence-corrected chi connectivity index (χ4v) is 2.81. The molecule has 6 nitrogen and oxygen atoms in total. The molecule has 0 spiro atoms. The lowest BCUT2D eigenvalue weighted by Gasteiger charge is -2.33. The van der Waals surface area contributed by atoms with Crippen molar-refractivity contribution in [3.05, 3.63) is 59.4 Å². The lowest BCUT2D eigenvalue weighted by molar-refractivity contribution is -0.0403. The Labute approximate surface area is 154 Å². The van der Waals surface area contributed by atoms with Gasteiger partial charge in [-0.2, -0.15) is 4.39 Å². The van der Waals surface area contributed by atoms with Gasteiger partial charge in [0.2, 0.25) is 5.95 Å². The van der Waals surface area contributed by atoms with Crippen molar-refractivity contribution < 1.29 is 27.8 Å². The van der Waals surface area contributed by atoms with E-state index in [2.05, 4.69) is 4.98 Å². The van der Waals surface area contributed by atoms with E-state index in [0.717, 1.165) is 6.07 Å². The number of ketones is 1. The second kappa shape index (κ2) is 8.22. The van der Waals surface area contributed by atoms with Crippen molar-refractivity contribution in [3.8, 4) is 5.75 Å². The molecule has 2 aromatic rings. The van der Waals surface area contributed by atoms with E-state index in [0.29, 0.717) is 6.54 Å². The summed E-state index contributed by atoms with van der Waals surface area (Å²) in [6, 6.07) is 6.56. The minimum absolute atomic E-state index is 0.0607. The molecule has 0 saturated carbocycles. The van der Waals surface area contributed by atoms with Crippen molar-refractivity contribution in [1.29, 1.82) is 0 Å². The molecular weight excluding hydrogens is 358 g/mol. The largest absolute Gasteiger partial charge is 0.490 e. The number of ether oxygens (including phenoxy) is 2. The lowest BCUT2D eigenvalue weighted by atomic mass is 10.1. The minimum Gasteiger partial charge on any atom is -0.490 e. The van der Waals surface area contributed by atoms with E-state index in [1.807, 2.05) is 0 Å². The van der Waals surface area contributed by atoms with Crippen LogP contribution in [-0.4, -0.2) is 54.0 Å². The van der Waals surface area contributed by atoms with E-state index in [-0.39, 0.29) is 42.4 Å². The van der Waals surface area contributed by atoms with Gasteiger partial charge in [0.25, 0.3) is 5.91 Å². The molecule has 1 aliphatic rings. The van der Waals surface area contributed by atoms with E-state index in [1.54, 1.807) is 0 Å². The number of nitrogens with zero attached hydrogens (tertiary/aromatic N) is 2. The second-order valence-corrected chi connectivity index (χ2v) is 6.09. The molecule has 2 heterocycles. The molecule has 8 heteroatoms. The number of morpholine rings is 1. The van der Waals surface area contributed by atoms with E-state index < -0.39 is 23.8 Å². The number of aromatic nitrogens is 1. The van der Waals surface area contributed by atoms with Gasteiger partial charge in [-0.15, -0.1) is 0 Å². The molecule has 1 fully saturated rings. The quantitative estimate of drug-likeness (QED) is 0.592. The molecule has 1 saturated heterocycles. The van der Waals surface area contributed by atoms with Crippen LogP contribution in [0.5, 0.6) is 5.75 Å². The number of halogens is 2. The summed E-state index contributed by atoms with van der Waals surface area (Å²) in [5.74, 6) is -1.90. The molecule has 142 valence electrons. The topological polar surface area (TPSA) is 68.7 Å². The van der Waals surface area contributed by atoms with Gasteiger partial charge in [0.15, 0.2) is 5.78 Å². The van der Waals surface area contributed by atoms with Gasteiger partial charge < -0.3 is 14.4 Å². The molecule has 1 amide bonds. The summed E-state index contributed by atoms with van der Waals surface area (Å²) in [5.41, 5.74) is 0.0349. The van der Waals surface area contributed by atoms with E-state index >= 15 is 0 Å². The van der Waals surface area contributed by atoms with Gasteiger partial charge in [0.1, 0.15) is 24.3 Å². The molecule has 3 rings (SSSR count). The van der Waals surface area contributed by atoms with Gasteiger partial charge in [-0.25, -0.2) is 9.37 Å². The average Bonchev–Trinajstić information content (AvgIpc) is 2.67. The molecular formula is C19H18F2N2O4. The summed E-state index contributed by atoms with van der Waals surface area (Å²) in [4.78, 5) is 29.1. The van der Waals surface area contributed by atoms with Crippen molar-refractivity contribution in [2.45, 2.75) is 13.0 Å². The Morgan fingerprint density at radius 3 is 2.85 bits per heavy atom. The maximum atomic E-state index is 13.7. The van der Waals surface area contributed by atoms with E-state index in [4.69, 9.17) is 9.47 Å². The van der Waals surface area contributed by atoms with Crippen LogP contribution in [0.2, 0.25) is 0 Å². The van der Waals surface area contributed by atoms with Crippen LogP contribution in [0.3, 0.4) is 0 Å². The summed E-state index contributed by atoms with van der Waals surface area (Å²) in [7, 11) is 0. The van der Waals surface area contributed by atoms with Crippen LogP contribution in [-0.2, 0) is 4.74 Å². The van der Waals surface area contributed by atoms with Crippen LogP contribution in [0.15, 0.2) is 36.5 Å². The summed E-state index contributed by atoms with van der Waals surface area (Å²) in [5, 5.41) is 0. The molecule has 0 N–H and O–H groups in total. The van der Waals surface area contributed by atoms with Crippen molar-refractivity contribution in [1.82, 2.24) is 9.88 Å². The highest BCUT2D eigenvalue weighted by atomic mass is 19.1. The van der Waals surface area contributed by atoms with Gasteiger partial charge in [-0.3, -0.25) is 9.59 Å². The Kier molecular flexibility index (Phi) is 5.75. The normalized spacial score (nSPS) is 16.9. The highest BCUT2D eigenvalue weighted by molar-refractivity contribution is 5.96. The zero-order chi connectivity index (χ0) is 19.4. The Morgan fingerprint density at radius 1 is 1.30 bits per heavy atom. The first-order chi connectivity index (χ1) is 13.0. The van der Waals surface area contributed by atoms with Gasteiger partial charge in [-0.1, -0.05) is 0 Å². The van der Waals surface area contributed by atoms with Crippen LogP contribution in [0.4, 0.5) is 8.78 Å². The number of Topliss-reactive ketones (excluding diaryl/α,β-unsaturated/α-hetero) is 1. The third-order valence-corrected chi connectivity index (χ3v) is 4.16. The molecule has 0 bridgehead atoms.